The predicted molar refractivity (Wildman–Crippen MR) is 93.2 cm³/mol. The fourth-order valence-electron chi connectivity index (χ4n) is 2.21. The lowest BCUT2D eigenvalue weighted by Gasteiger charge is -2.18. The fourth-order valence-corrected chi connectivity index (χ4v) is 2.21. The minimum Gasteiger partial charge on any atom is -0.504 e. The summed E-state index contributed by atoms with van der Waals surface area (Å²) >= 11 is 0. The molecule has 0 fully saturated rings. The molecule has 1 N–H and O–H groups in total. The van der Waals surface area contributed by atoms with Crippen molar-refractivity contribution in [2.24, 2.45) is 0 Å². The number of ketones is 1. The maximum atomic E-state index is 12.2. The van der Waals surface area contributed by atoms with Crippen LogP contribution in [0.2, 0.25) is 0 Å². The number of aromatic hydroxyl groups is 1. The third-order valence-electron chi connectivity index (χ3n) is 3.67. The van der Waals surface area contributed by atoms with Crippen LogP contribution in [0.15, 0.2) is 48.5 Å². The van der Waals surface area contributed by atoms with Crippen LogP contribution in [-0.2, 0) is 5.41 Å². The van der Waals surface area contributed by atoms with Crippen LogP contribution >= 0.6 is 0 Å². The lowest BCUT2D eigenvalue weighted by atomic mass is 9.86. The molecule has 0 aliphatic rings. The molecule has 0 saturated heterocycles. The third kappa shape index (κ3) is 4.22. The van der Waals surface area contributed by atoms with E-state index in [4.69, 9.17) is 4.74 Å². The molecule has 0 saturated carbocycles. The molecule has 0 bridgehead atoms. The summed E-state index contributed by atoms with van der Waals surface area (Å²) in [5.41, 5.74) is 2.64. The molecule has 3 nitrogen and oxygen atoms in total. The maximum Gasteiger partial charge on any atom is 0.185 e. The van der Waals surface area contributed by atoms with Crippen LogP contribution in [0.3, 0.4) is 0 Å². The van der Waals surface area contributed by atoms with E-state index in [1.807, 2.05) is 24.3 Å². The van der Waals surface area contributed by atoms with Gasteiger partial charge in [-0.3, -0.25) is 4.79 Å². The zero-order valence-corrected chi connectivity index (χ0v) is 14.0. The summed E-state index contributed by atoms with van der Waals surface area (Å²) in [7, 11) is 1.50. The van der Waals surface area contributed by atoms with Gasteiger partial charge in [-0.1, -0.05) is 57.2 Å². The number of phenols is 1. The van der Waals surface area contributed by atoms with Crippen LogP contribution in [0.1, 0.15) is 42.3 Å². The van der Waals surface area contributed by atoms with Crippen molar-refractivity contribution in [3.05, 3.63) is 65.2 Å². The molecule has 0 heterocycles. The number of ether oxygens (including phenoxy) is 1. The van der Waals surface area contributed by atoms with Gasteiger partial charge >= 0.3 is 0 Å². The van der Waals surface area contributed by atoms with Gasteiger partial charge in [0.2, 0.25) is 0 Å². The monoisotopic (exact) mass is 310 g/mol. The molecule has 23 heavy (non-hydrogen) atoms. The minimum atomic E-state index is -0.0687. The van der Waals surface area contributed by atoms with Crippen molar-refractivity contribution in [1.82, 2.24) is 0 Å². The number of carbonyl (C=O) groups is 1. The Balaban J connectivity index is 2.13. The van der Waals surface area contributed by atoms with E-state index >= 15 is 0 Å². The summed E-state index contributed by atoms with van der Waals surface area (Å²) < 4.78 is 4.99. The van der Waals surface area contributed by atoms with Gasteiger partial charge in [-0.15, -0.1) is 0 Å². The molecule has 0 radical (unpaired) electrons. The molecule has 0 amide bonds. The number of carbonyl (C=O) groups excluding carboxylic acids is 1. The summed E-state index contributed by atoms with van der Waals surface area (Å²) in [6.45, 7) is 6.42. The first kappa shape index (κ1) is 16.8. The lowest BCUT2D eigenvalue weighted by Crippen LogP contribution is -2.11. The average Bonchev–Trinajstić information content (AvgIpc) is 2.52. The Kier molecular flexibility index (Phi) is 4.89. The molecule has 2 rings (SSSR count). The van der Waals surface area contributed by atoms with Crippen molar-refractivity contribution in [1.29, 1.82) is 0 Å². The zero-order valence-electron chi connectivity index (χ0n) is 14.0. The van der Waals surface area contributed by atoms with Crippen molar-refractivity contribution < 1.29 is 14.6 Å². The van der Waals surface area contributed by atoms with E-state index in [0.717, 1.165) is 5.56 Å². The van der Waals surface area contributed by atoms with E-state index in [2.05, 4.69) is 20.8 Å². The molecule has 0 aliphatic carbocycles. The van der Waals surface area contributed by atoms with Crippen molar-refractivity contribution in [2.75, 3.05) is 7.11 Å². The van der Waals surface area contributed by atoms with E-state index < -0.39 is 0 Å². The first-order valence-corrected chi connectivity index (χ1v) is 7.51. The molecule has 3 heteroatoms. The molecule has 0 spiro atoms. The van der Waals surface area contributed by atoms with Gasteiger partial charge in [0.1, 0.15) is 0 Å². The molecule has 0 aliphatic heterocycles. The van der Waals surface area contributed by atoms with Gasteiger partial charge in [0.05, 0.1) is 7.11 Å². The van der Waals surface area contributed by atoms with Crippen LogP contribution in [0.5, 0.6) is 11.5 Å². The SMILES string of the molecule is COc1ccc(/C=C\C(=O)c2ccc(C(C)(C)C)cc2)cc1O. The molecule has 0 unspecified atom stereocenters. The summed E-state index contributed by atoms with van der Waals surface area (Å²) in [4.78, 5) is 12.2. The van der Waals surface area contributed by atoms with E-state index in [-0.39, 0.29) is 16.9 Å². The molecular weight excluding hydrogens is 288 g/mol. The van der Waals surface area contributed by atoms with E-state index in [9.17, 15) is 9.90 Å². The van der Waals surface area contributed by atoms with Gasteiger partial charge in [-0.25, -0.2) is 0 Å². The maximum absolute atomic E-state index is 12.2. The van der Waals surface area contributed by atoms with Crippen molar-refractivity contribution in [2.45, 2.75) is 26.2 Å². The summed E-state index contributed by atoms with van der Waals surface area (Å²) in [6, 6.07) is 12.7. The number of hydrogen-bond acceptors (Lipinski definition) is 3. The standard InChI is InChI=1S/C20H22O3/c1-20(2,3)16-9-7-15(8-10-16)17(21)11-5-14-6-12-19(23-4)18(22)13-14/h5-13,22H,1-4H3/b11-5-. The number of methoxy groups -OCH3 is 1. The van der Waals surface area contributed by atoms with Gasteiger partial charge < -0.3 is 9.84 Å². The normalized spacial score (nSPS) is 11.7. The highest BCUT2D eigenvalue weighted by molar-refractivity contribution is 6.06. The smallest absolute Gasteiger partial charge is 0.185 e. The quantitative estimate of drug-likeness (QED) is 0.663. The van der Waals surface area contributed by atoms with Crippen LogP contribution in [0, 0.1) is 0 Å². The zero-order chi connectivity index (χ0) is 17.0. The second kappa shape index (κ2) is 6.69. The highest BCUT2D eigenvalue weighted by Gasteiger charge is 2.13. The van der Waals surface area contributed by atoms with Crippen LogP contribution in [0.4, 0.5) is 0 Å². The summed E-state index contributed by atoms with van der Waals surface area (Å²) in [6.07, 6.45) is 3.19. The Morgan fingerprint density at radius 1 is 1.09 bits per heavy atom. The van der Waals surface area contributed by atoms with Crippen LogP contribution < -0.4 is 4.74 Å². The molecular formula is C20H22O3. The van der Waals surface area contributed by atoms with Gasteiger partial charge in [0.15, 0.2) is 17.3 Å². The molecule has 0 aromatic heterocycles. The first-order valence-electron chi connectivity index (χ1n) is 7.51. The lowest BCUT2D eigenvalue weighted by molar-refractivity contribution is 0.104. The Bertz CT molecular complexity index is 720. The first-order chi connectivity index (χ1) is 10.8. The highest BCUT2D eigenvalue weighted by Crippen LogP contribution is 2.27. The van der Waals surface area contributed by atoms with Crippen LogP contribution in [-0.4, -0.2) is 18.0 Å². The third-order valence-corrected chi connectivity index (χ3v) is 3.67. The Morgan fingerprint density at radius 2 is 1.74 bits per heavy atom. The van der Waals surface area contributed by atoms with E-state index in [1.165, 1.54) is 18.7 Å². The predicted octanol–water partition coefficient (Wildman–Crippen LogP) is 4.59. The van der Waals surface area contributed by atoms with E-state index in [0.29, 0.717) is 11.3 Å². The van der Waals surface area contributed by atoms with Crippen molar-refractivity contribution in [3.8, 4) is 11.5 Å². The van der Waals surface area contributed by atoms with Gasteiger partial charge in [0, 0.05) is 5.56 Å². The number of hydrogen-bond donors (Lipinski definition) is 1. The second-order valence-corrected chi connectivity index (χ2v) is 6.46. The van der Waals surface area contributed by atoms with Gasteiger partial charge in [-0.2, -0.15) is 0 Å². The van der Waals surface area contributed by atoms with Gasteiger partial charge in [0.25, 0.3) is 0 Å². The van der Waals surface area contributed by atoms with Crippen molar-refractivity contribution in [3.63, 3.8) is 0 Å². The summed E-state index contributed by atoms with van der Waals surface area (Å²) in [5, 5.41) is 9.74. The minimum absolute atomic E-state index is 0.0524. The Morgan fingerprint density at radius 3 is 2.26 bits per heavy atom. The van der Waals surface area contributed by atoms with Crippen LogP contribution in [0.25, 0.3) is 6.08 Å². The molecule has 0 atom stereocenters. The number of allylic oxidation sites excluding steroid dienone is 1. The molecule has 120 valence electrons. The highest BCUT2D eigenvalue weighted by atomic mass is 16.5. The van der Waals surface area contributed by atoms with E-state index in [1.54, 1.807) is 24.3 Å². The van der Waals surface area contributed by atoms with Crippen molar-refractivity contribution >= 4 is 11.9 Å². The average molecular weight is 310 g/mol. The Hall–Kier alpha value is -2.55. The largest absolute Gasteiger partial charge is 0.504 e. The number of benzene rings is 2. The number of rotatable bonds is 4. The summed E-state index contributed by atoms with van der Waals surface area (Å²) in [5.74, 6) is 0.392. The molecule has 2 aromatic rings. The second-order valence-electron chi connectivity index (χ2n) is 6.46. The number of phenolic OH excluding ortho intramolecular Hbond substituents is 1. The fraction of sp³-hybridized carbons (Fsp3) is 0.250. The Labute approximate surface area is 137 Å². The van der Waals surface area contributed by atoms with Gasteiger partial charge in [-0.05, 0) is 34.8 Å². The molecule has 2 aromatic carbocycles. The topological polar surface area (TPSA) is 46.5 Å².